The van der Waals surface area contributed by atoms with Crippen molar-refractivity contribution < 1.29 is 4.39 Å². The quantitative estimate of drug-likeness (QED) is 0.857. The lowest BCUT2D eigenvalue weighted by Crippen LogP contribution is -2.01. The minimum Gasteiger partial charge on any atom is -0.381 e. The summed E-state index contributed by atoms with van der Waals surface area (Å²) in [4.78, 5) is 0. The molecule has 0 aliphatic carbocycles. The molecule has 0 aromatic heterocycles. The number of aryl methyl sites for hydroxylation is 2. The zero-order valence-corrected chi connectivity index (χ0v) is 12.0. The van der Waals surface area contributed by atoms with E-state index in [2.05, 4.69) is 47.2 Å². The summed E-state index contributed by atoms with van der Waals surface area (Å²) in [6, 6.07) is 11.3. The molecule has 94 valence electrons. The first kappa shape index (κ1) is 13.1. The molecule has 0 amide bonds. The molecule has 0 atom stereocenters. The van der Waals surface area contributed by atoms with Gasteiger partial charge in [-0.3, -0.25) is 0 Å². The van der Waals surface area contributed by atoms with Crippen molar-refractivity contribution in [3.05, 3.63) is 63.4 Å². The highest BCUT2D eigenvalue weighted by Crippen LogP contribution is 2.22. The zero-order chi connectivity index (χ0) is 13.1. The van der Waals surface area contributed by atoms with E-state index in [1.54, 1.807) is 6.07 Å². The van der Waals surface area contributed by atoms with Gasteiger partial charge in [0.25, 0.3) is 0 Å². The number of rotatable bonds is 3. The third-order valence-electron chi connectivity index (χ3n) is 3.02. The first-order valence-electron chi connectivity index (χ1n) is 5.82. The normalized spacial score (nSPS) is 10.4. The van der Waals surface area contributed by atoms with E-state index in [4.69, 9.17) is 0 Å². The zero-order valence-electron chi connectivity index (χ0n) is 10.4. The molecule has 0 unspecified atom stereocenters. The number of hydrogen-bond donors (Lipinski definition) is 1. The van der Waals surface area contributed by atoms with E-state index < -0.39 is 0 Å². The van der Waals surface area contributed by atoms with E-state index in [0.717, 1.165) is 11.3 Å². The van der Waals surface area contributed by atoms with Crippen LogP contribution in [0.1, 0.15) is 16.7 Å². The molecule has 18 heavy (non-hydrogen) atoms. The van der Waals surface area contributed by atoms with Crippen LogP contribution in [-0.4, -0.2) is 0 Å². The molecular weight excluding hydrogens is 293 g/mol. The van der Waals surface area contributed by atoms with Crippen molar-refractivity contribution in [1.82, 2.24) is 0 Å². The number of halogens is 2. The van der Waals surface area contributed by atoms with Crippen molar-refractivity contribution in [3.8, 4) is 0 Å². The Labute approximate surface area is 115 Å². The van der Waals surface area contributed by atoms with Crippen LogP contribution in [0.3, 0.4) is 0 Å². The second-order valence-electron chi connectivity index (χ2n) is 4.37. The van der Waals surface area contributed by atoms with E-state index in [1.807, 2.05) is 12.1 Å². The van der Waals surface area contributed by atoms with Crippen molar-refractivity contribution in [3.63, 3.8) is 0 Å². The summed E-state index contributed by atoms with van der Waals surface area (Å²) in [6.45, 7) is 4.77. The van der Waals surface area contributed by atoms with E-state index in [1.165, 1.54) is 17.2 Å². The third-order valence-corrected chi connectivity index (χ3v) is 3.91. The molecule has 0 aliphatic rings. The Morgan fingerprint density at radius 2 is 1.89 bits per heavy atom. The molecule has 0 fully saturated rings. The van der Waals surface area contributed by atoms with Gasteiger partial charge in [-0.05, 0) is 64.7 Å². The molecule has 0 aliphatic heterocycles. The van der Waals surface area contributed by atoms with Crippen molar-refractivity contribution in [1.29, 1.82) is 0 Å². The van der Waals surface area contributed by atoms with Gasteiger partial charge in [0.1, 0.15) is 5.82 Å². The third kappa shape index (κ3) is 2.91. The molecule has 3 heteroatoms. The number of anilines is 1. The fraction of sp³-hybridized carbons (Fsp3) is 0.200. The van der Waals surface area contributed by atoms with Crippen molar-refractivity contribution in [2.45, 2.75) is 20.4 Å². The van der Waals surface area contributed by atoms with E-state index in [-0.39, 0.29) is 5.82 Å². The average molecular weight is 308 g/mol. The van der Waals surface area contributed by atoms with Crippen LogP contribution in [0.25, 0.3) is 0 Å². The van der Waals surface area contributed by atoms with Gasteiger partial charge in [-0.1, -0.05) is 18.2 Å². The van der Waals surface area contributed by atoms with Crippen LogP contribution >= 0.6 is 15.9 Å². The number of benzene rings is 2. The summed E-state index contributed by atoms with van der Waals surface area (Å²) in [5.41, 5.74) is 4.48. The Morgan fingerprint density at radius 1 is 1.11 bits per heavy atom. The summed E-state index contributed by atoms with van der Waals surface area (Å²) < 4.78 is 13.9. The van der Waals surface area contributed by atoms with Gasteiger partial charge in [-0.25, -0.2) is 4.39 Å². The highest BCUT2D eigenvalue weighted by molar-refractivity contribution is 9.10. The highest BCUT2D eigenvalue weighted by atomic mass is 79.9. The Hall–Kier alpha value is -1.35. The topological polar surface area (TPSA) is 12.0 Å². The predicted octanol–water partition coefficient (Wildman–Crippen LogP) is 4.82. The summed E-state index contributed by atoms with van der Waals surface area (Å²) in [6.07, 6.45) is 0. The maximum atomic E-state index is 13.3. The first-order valence-corrected chi connectivity index (χ1v) is 6.61. The van der Waals surface area contributed by atoms with Gasteiger partial charge < -0.3 is 5.32 Å². The van der Waals surface area contributed by atoms with Crippen LogP contribution in [0.15, 0.2) is 40.9 Å². The largest absolute Gasteiger partial charge is 0.381 e. The SMILES string of the molecule is Cc1ccc(NCc2cccc(F)c2Br)cc1C. The second kappa shape index (κ2) is 5.53. The monoisotopic (exact) mass is 307 g/mol. The van der Waals surface area contributed by atoms with Crippen LogP contribution in [-0.2, 0) is 6.54 Å². The Kier molecular flexibility index (Phi) is 4.02. The summed E-state index contributed by atoms with van der Waals surface area (Å²) in [5, 5.41) is 3.30. The van der Waals surface area contributed by atoms with Crippen molar-refractivity contribution >= 4 is 21.6 Å². The lowest BCUT2D eigenvalue weighted by Gasteiger charge is -2.10. The molecule has 2 rings (SSSR count). The molecule has 0 radical (unpaired) electrons. The molecule has 0 bridgehead atoms. The minimum absolute atomic E-state index is 0.227. The maximum Gasteiger partial charge on any atom is 0.137 e. The standard InChI is InChI=1S/C15H15BrFN/c1-10-6-7-13(8-11(10)2)18-9-12-4-3-5-14(17)15(12)16/h3-8,18H,9H2,1-2H3. The van der Waals surface area contributed by atoms with Crippen LogP contribution in [0.4, 0.5) is 10.1 Å². The summed E-state index contributed by atoms with van der Waals surface area (Å²) in [7, 11) is 0. The number of hydrogen-bond acceptors (Lipinski definition) is 1. The van der Waals surface area contributed by atoms with E-state index >= 15 is 0 Å². The molecular formula is C15H15BrFN. The van der Waals surface area contributed by atoms with Crippen molar-refractivity contribution in [2.24, 2.45) is 0 Å². The molecule has 2 aromatic carbocycles. The van der Waals surface area contributed by atoms with Gasteiger partial charge in [0.2, 0.25) is 0 Å². The Morgan fingerprint density at radius 3 is 2.61 bits per heavy atom. The Bertz CT molecular complexity index is 566. The molecule has 0 spiro atoms. The maximum absolute atomic E-state index is 13.3. The molecule has 0 saturated heterocycles. The summed E-state index contributed by atoms with van der Waals surface area (Å²) >= 11 is 3.26. The van der Waals surface area contributed by atoms with Gasteiger partial charge in [0.05, 0.1) is 4.47 Å². The molecule has 0 heterocycles. The highest BCUT2D eigenvalue weighted by Gasteiger charge is 2.04. The van der Waals surface area contributed by atoms with Crippen LogP contribution in [0.5, 0.6) is 0 Å². The molecule has 2 aromatic rings. The van der Waals surface area contributed by atoms with Gasteiger partial charge in [0.15, 0.2) is 0 Å². The predicted molar refractivity (Wildman–Crippen MR) is 77.3 cm³/mol. The molecule has 1 nitrogen and oxygen atoms in total. The number of nitrogens with one attached hydrogen (secondary N) is 1. The van der Waals surface area contributed by atoms with Crippen molar-refractivity contribution in [2.75, 3.05) is 5.32 Å². The van der Waals surface area contributed by atoms with E-state index in [0.29, 0.717) is 11.0 Å². The second-order valence-corrected chi connectivity index (χ2v) is 5.16. The fourth-order valence-electron chi connectivity index (χ4n) is 1.73. The van der Waals surface area contributed by atoms with Gasteiger partial charge in [-0.2, -0.15) is 0 Å². The smallest absolute Gasteiger partial charge is 0.137 e. The Balaban J connectivity index is 2.11. The molecule has 0 saturated carbocycles. The van der Waals surface area contributed by atoms with Crippen LogP contribution in [0, 0.1) is 19.7 Å². The van der Waals surface area contributed by atoms with Gasteiger partial charge in [0, 0.05) is 12.2 Å². The first-order chi connectivity index (χ1) is 8.58. The van der Waals surface area contributed by atoms with E-state index in [9.17, 15) is 4.39 Å². The minimum atomic E-state index is -0.227. The summed E-state index contributed by atoms with van der Waals surface area (Å²) in [5.74, 6) is -0.227. The van der Waals surface area contributed by atoms with Gasteiger partial charge >= 0.3 is 0 Å². The molecule has 1 N–H and O–H groups in total. The van der Waals surface area contributed by atoms with Crippen LogP contribution < -0.4 is 5.32 Å². The average Bonchev–Trinajstić information content (AvgIpc) is 2.35. The lowest BCUT2D eigenvalue weighted by molar-refractivity contribution is 0.618. The lowest BCUT2D eigenvalue weighted by atomic mass is 10.1. The van der Waals surface area contributed by atoms with Gasteiger partial charge in [-0.15, -0.1) is 0 Å². The fourth-order valence-corrected chi connectivity index (χ4v) is 2.14. The van der Waals surface area contributed by atoms with Crippen LogP contribution in [0.2, 0.25) is 0 Å².